The zero-order valence-corrected chi connectivity index (χ0v) is 25.1. The molecule has 2 saturated heterocycles. The number of ether oxygens (including phenoxy) is 2. The molecular weight excluding hydrogens is 636 g/mol. The number of halogens is 2. The van der Waals surface area contributed by atoms with Crippen LogP contribution in [-0.2, 0) is 24.4 Å². The largest absolute Gasteiger partial charge is 0.473 e. The van der Waals surface area contributed by atoms with Gasteiger partial charge in [-0.05, 0) is 75.2 Å². The highest BCUT2D eigenvalue weighted by Crippen LogP contribution is 2.30. The maximum atomic E-state index is 14.2. The fourth-order valence-corrected chi connectivity index (χ4v) is 5.45. The smallest absolute Gasteiger partial charge is 0.213 e. The molecule has 1 atom stereocenters. The van der Waals surface area contributed by atoms with Crippen molar-refractivity contribution < 1.29 is 17.3 Å². The van der Waals surface area contributed by atoms with Gasteiger partial charge in [0.15, 0.2) is 0 Å². The zero-order chi connectivity index (χ0) is 28.8. The molecule has 2 fully saturated rings. The molecule has 0 saturated carbocycles. The number of nitriles is 1. The van der Waals surface area contributed by atoms with E-state index in [1.165, 1.54) is 17.1 Å². The number of benzene rings is 2. The van der Waals surface area contributed by atoms with E-state index in [-0.39, 0.29) is 12.7 Å². The van der Waals surface area contributed by atoms with E-state index in [9.17, 15) is 4.39 Å². The van der Waals surface area contributed by atoms with Crippen molar-refractivity contribution in [3.8, 4) is 11.9 Å². The van der Waals surface area contributed by atoms with Crippen molar-refractivity contribution >= 4 is 34.0 Å². The number of likely N-dealkylation sites (tertiary alicyclic amines) is 1. The van der Waals surface area contributed by atoms with Crippen LogP contribution in [0.15, 0.2) is 54.6 Å². The molecule has 0 radical (unpaired) electrons. The van der Waals surface area contributed by atoms with Crippen LogP contribution in [0, 0.1) is 24.1 Å². The quantitative estimate of drug-likeness (QED) is 0.236. The lowest BCUT2D eigenvalue weighted by Crippen LogP contribution is -2.35. The van der Waals surface area contributed by atoms with E-state index in [0.717, 1.165) is 92.1 Å². The minimum Gasteiger partial charge on any atom is -0.473 e. The molecule has 0 aliphatic carbocycles. The number of nitrogens with zero attached hydrogens (tertiary/aromatic N) is 5. The molecule has 214 valence electrons. The van der Waals surface area contributed by atoms with Gasteiger partial charge in [0.05, 0.1) is 41.9 Å². The average molecular weight is 670 g/mol. The van der Waals surface area contributed by atoms with E-state index < -0.39 is 5.82 Å². The van der Waals surface area contributed by atoms with Gasteiger partial charge in [0.2, 0.25) is 5.88 Å². The summed E-state index contributed by atoms with van der Waals surface area (Å²) in [6, 6.07) is 18.6. The third kappa shape index (κ3) is 7.04. The van der Waals surface area contributed by atoms with Crippen LogP contribution in [0.5, 0.6) is 5.88 Å². The maximum Gasteiger partial charge on any atom is 0.213 e. The topological polar surface area (TPSA) is 96.4 Å². The van der Waals surface area contributed by atoms with Gasteiger partial charge >= 0.3 is 0 Å². The number of hydrogen-bond donors (Lipinski definition) is 1. The molecule has 6 rings (SSSR count). The summed E-state index contributed by atoms with van der Waals surface area (Å²) in [5, 5.41) is 8.93. The first-order valence-corrected chi connectivity index (χ1v) is 14.8. The standard InChI is InChI=1S/C31H32FN5O2.HIO/c1-21-5-8-28-29(15-21)37(18-25-11-14-38-25)30(34-28)19-36-12-9-23(10-13-36)27-3-2-4-31(35-27)39-20-24-7-6-22(17-33)16-26(24)32;1-2/h2-8,15-16,23,25H,9-14,18-20H2,1H3;2H. The lowest BCUT2D eigenvalue weighted by Gasteiger charge is -2.32. The lowest BCUT2D eigenvalue weighted by atomic mass is 9.93. The summed E-state index contributed by atoms with van der Waals surface area (Å²) in [6.45, 7) is 6.66. The summed E-state index contributed by atoms with van der Waals surface area (Å²) >= 11 is 1.15. The highest BCUT2D eigenvalue weighted by molar-refractivity contribution is 14.1. The van der Waals surface area contributed by atoms with Crippen molar-refractivity contribution in [1.29, 1.82) is 5.26 Å². The maximum absolute atomic E-state index is 14.2. The second kappa shape index (κ2) is 13.7. The summed E-state index contributed by atoms with van der Waals surface area (Å²) in [6.07, 6.45) is 3.40. The second-order valence-corrected chi connectivity index (χ2v) is 10.6. The van der Waals surface area contributed by atoms with E-state index in [4.69, 9.17) is 28.1 Å². The van der Waals surface area contributed by atoms with Crippen molar-refractivity contribution in [3.05, 3.63) is 88.6 Å². The van der Waals surface area contributed by atoms with E-state index >= 15 is 0 Å². The Bertz CT molecular complexity index is 1530. The van der Waals surface area contributed by atoms with Gasteiger partial charge in [0.25, 0.3) is 0 Å². The molecule has 1 unspecified atom stereocenters. The molecule has 2 aromatic carbocycles. The number of hydrogen-bond acceptors (Lipinski definition) is 7. The number of aryl methyl sites for hydroxylation is 1. The Morgan fingerprint density at radius 1 is 1.10 bits per heavy atom. The Morgan fingerprint density at radius 3 is 2.61 bits per heavy atom. The first kappa shape index (κ1) is 29.4. The molecular formula is C31H33FIN5O3. The molecule has 4 aromatic rings. The molecule has 2 aliphatic heterocycles. The molecule has 2 aromatic heterocycles. The summed E-state index contributed by atoms with van der Waals surface area (Å²) in [5.74, 6) is 1.50. The Balaban J connectivity index is 0.00000165. The van der Waals surface area contributed by atoms with E-state index in [0.29, 0.717) is 22.9 Å². The lowest BCUT2D eigenvalue weighted by molar-refractivity contribution is -0.0592. The number of aromatic nitrogens is 3. The third-order valence-corrected chi connectivity index (χ3v) is 7.84. The normalized spacial score (nSPS) is 17.4. The van der Waals surface area contributed by atoms with E-state index in [1.54, 1.807) is 18.2 Å². The predicted molar refractivity (Wildman–Crippen MR) is 162 cm³/mol. The minimum absolute atomic E-state index is 0.0683. The number of fused-ring (bicyclic) bond motifs is 1. The van der Waals surface area contributed by atoms with Gasteiger partial charge in [-0.1, -0.05) is 18.2 Å². The molecule has 4 heterocycles. The first-order chi connectivity index (χ1) is 20.1. The van der Waals surface area contributed by atoms with Crippen molar-refractivity contribution in [2.45, 2.75) is 57.9 Å². The summed E-state index contributed by atoms with van der Waals surface area (Å²) in [5.41, 5.74) is 5.19. The highest BCUT2D eigenvalue weighted by Gasteiger charge is 2.26. The number of pyridine rings is 1. The molecule has 10 heteroatoms. The van der Waals surface area contributed by atoms with Crippen LogP contribution in [0.2, 0.25) is 0 Å². The molecule has 0 amide bonds. The van der Waals surface area contributed by atoms with Crippen LogP contribution in [0.3, 0.4) is 0 Å². The van der Waals surface area contributed by atoms with Gasteiger partial charge in [0.1, 0.15) is 41.3 Å². The number of rotatable bonds is 8. The van der Waals surface area contributed by atoms with Crippen molar-refractivity contribution in [2.75, 3.05) is 19.7 Å². The van der Waals surface area contributed by atoms with E-state index in [1.807, 2.05) is 12.1 Å². The van der Waals surface area contributed by atoms with Crippen molar-refractivity contribution in [1.82, 2.24) is 19.4 Å². The van der Waals surface area contributed by atoms with Crippen LogP contribution in [0.1, 0.15) is 53.4 Å². The van der Waals surface area contributed by atoms with Gasteiger partial charge in [-0.15, -0.1) is 0 Å². The molecule has 0 bridgehead atoms. The molecule has 1 N–H and O–H groups in total. The van der Waals surface area contributed by atoms with Gasteiger partial charge < -0.3 is 17.5 Å². The molecule has 41 heavy (non-hydrogen) atoms. The summed E-state index contributed by atoms with van der Waals surface area (Å²) in [4.78, 5) is 12.2. The predicted octanol–water partition coefficient (Wildman–Crippen LogP) is 5.83. The van der Waals surface area contributed by atoms with Gasteiger partial charge in [0, 0.05) is 29.8 Å². The minimum atomic E-state index is -0.443. The van der Waals surface area contributed by atoms with Gasteiger partial charge in [-0.3, -0.25) is 4.90 Å². The van der Waals surface area contributed by atoms with Crippen LogP contribution in [0.25, 0.3) is 11.0 Å². The van der Waals surface area contributed by atoms with Crippen LogP contribution in [-0.4, -0.2) is 48.7 Å². The van der Waals surface area contributed by atoms with Gasteiger partial charge in [-0.25, -0.2) is 14.4 Å². The SMILES string of the molecule is Cc1ccc2nc(CN3CCC(c4cccc(OCc5ccc(C#N)cc5F)n4)CC3)n(CC3CCO3)c2c1.OI. The van der Waals surface area contributed by atoms with Gasteiger partial charge in [-0.2, -0.15) is 5.26 Å². The van der Waals surface area contributed by atoms with Crippen molar-refractivity contribution in [2.24, 2.45) is 0 Å². The Kier molecular flexibility index (Phi) is 9.82. The summed E-state index contributed by atoms with van der Waals surface area (Å²) < 4.78 is 35.1. The van der Waals surface area contributed by atoms with Crippen LogP contribution < -0.4 is 4.74 Å². The Morgan fingerprint density at radius 2 is 1.90 bits per heavy atom. The summed E-state index contributed by atoms with van der Waals surface area (Å²) in [7, 11) is 0. The third-order valence-electron chi connectivity index (χ3n) is 7.84. The number of imidazole rings is 1. The Hall–Kier alpha value is -3.11. The Labute approximate surface area is 253 Å². The molecule has 8 nitrogen and oxygen atoms in total. The number of piperidine rings is 1. The van der Waals surface area contributed by atoms with Crippen molar-refractivity contribution in [3.63, 3.8) is 0 Å². The molecule has 2 aliphatic rings. The fraction of sp³-hybridized carbons (Fsp3) is 0.387. The van der Waals surface area contributed by atoms with Crippen LogP contribution in [0.4, 0.5) is 4.39 Å². The fourth-order valence-electron chi connectivity index (χ4n) is 5.45. The second-order valence-electron chi connectivity index (χ2n) is 10.6. The zero-order valence-electron chi connectivity index (χ0n) is 23.0. The molecule has 0 spiro atoms. The van der Waals surface area contributed by atoms with Crippen LogP contribution >= 0.6 is 23.0 Å². The highest BCUT2D eigenvalue weighted by atomic mass is 127. The first-order valence-electron chi connectivity index (χ1n) is 13.8. The monoisotopic (exact) mass is 669 g/mol. The average Bonchev–Trinajstić information content (AvgIpc) is 3.31. The van der Waals surface area contributed by atoms with E-state index in [2.05, 4.69) is 40.7 Å².